The van der Waals surface area contributed by atoms with Gasteiger partial charge in [0.2, 0.25) is 5.91 Å². The van der Waals surface area contributed by atoms with Gasteiger partial charge in [-0.05, 0) is 42.8 Å². The normalized spacial score (nSPS) is 11.1. The summed E-state index contributed by atoms with van der Waals surface area (Å²) >= 11 is 3.37. The molecule has 0 radical (unpaired) electrons. The summed E-state index contributed by atoms with van der Waals surface area (Å²) in [5.41, 5.74) is 2.31. The van der Waals surface area contributed by atoms with Crippen molar-refractivity contribution in [3.63, 3.8) is 0 Å². The fourth-order valence-corrected chi connectivity index (χ4v) is 4.57. The van der Waals surface area contributed by atoms with Crippen molar-refractivity contribution in [1.29, 1.82) is 0 Å². The van der Waals surface area contributed by atoms with Gasteiger partial charge in [-0.25, -0.2) is 8.42 Å². The fourth-order valence-electron chi connectivity index (χ4n) is 2.77. The molecule has 0 bridgehead atoms. The zero-order valence-electron chi connectivity index (χ0n) is 15.9. The summed E-state index contributed by atoms with van der Waals surface area (Å²) in [6.45, 7) is 1.90. The SMILES string of the molecule is Cc1ccc(S(=O)(=O)N(CC(=O)NCc2ccccc2)c2cccc(Br)c2)cc1. The molecular formula is C22H21BrN2O3S. The number of halogens is 1. The second-order valence-corrected chi connectivity index (χ2v) is 9.34. The van der Waals surface area contributed by atoms with E-state index in [0.29, 0.717) is 12.2 Å². The van der Waals surface area contributed by atoms with Crippen molar-refractivity contribution in [1.82, 2.24) is 5.32 Å². The predicted octanol–water partition coefficient (Wildman–Crippen LogP) is 4.27. The van der Waals surface area contributed by atoms with Crippen LogP contribution >= 0.6 is 15.9 Å². The highest BCUT2D eigenvalue weighted by Gasteiger charge is 2.27. The monoisotopic (exact) mass is 472 g/mol. The number of sulfonamides is 1. The van der Waals surface area contributed by atoms with Crippen molar-refractivity contribution in [3.8, 4) is 0 Å². The molecule has 29 heavy (non-hydrogen) atoms. The molecule has 3 rings (SSSR count). The summed E-state index contributed by atoms with van der Waals surface area (Å²) < 4.78 is 28.4. The number of aryl methyl sites for hydroxylation is 1. The van der Waals surface area contributed by atoms with E-state index in [4.69, 9.17) is 0 Å². The third-order valence-electron chi connectivity index (χ3n) is 4.32. The lowest BCUT2D eigenvalue weighted by Crippen LogP contribution is -2.40. The van der Waals surface area contributed by atoms with Crippen LogP contribution in [0.4, 0.5) is 5.69 Å². The smallest absolute Gasteiger partial charge is 0.264 e. The standard InChI is InChI=1S/C22H21BrN2O3S/c1-17-10-12-21(13-11-17)29(27,28)25(20-9-5-8-19(23)14-20)16-22(26)24-15-18-6-3-2-4-7-18/h2-14H,15-16H2,1H3,(H,24,26). The van der Waals surface area contributed by atoms with E-state index in [1.165, 1.54) is 0 Å². The molecular weight excluding hydrogens is 452 g/mol. The Morgan fingerprint density at radius 3 is 2.31 bits per heavy atom. The van der Waals surface area contributed by atoms with Gasteiger partial charge in [-0.2, -0.15) is 0 Å². The third-order valence-corrected chi connectivity index (χ3v) is 6.61. The van der Waals surface area contributed by atoms with Gasteiger partial charge in [-0.3, -0.25) is 9.10 Å². The quantitative estimate of drug-likeness (QED) is 0.558. The van der Waals surface area contributed by atoms with Gasteiger partial charge in [0.15, 0.2) is 0 Å². The Hall–Kier alpha value is -2.64. The Morgan fingerprint density at radius 1 is 0.966 bits per heavy atom. The van der Waals surface area contributed by atoms with Gasteiger partial charge in [-0.1, -0.05) is 70.0 Å². The molecule has 7 heteroatoms. The van der Waals surface area contributed by atoms with Crippen molar-refractivity contribution in [3.05, 3.63) is 94.5 Å². The number of rotatable bonds is 7. The topological polar surface area (TPSA) is 66.5 Å². The van der Waals surface area contributed by atoms with Gasteiger partial charge in [0.25, 0.3) is 10.0 Å². The molecule has 0 atom stereocenters. The van der Waals surface area contributed by atoms with Crippen molar-refractivity contribution in [2.45, 2.75) is 18.4 Å². The van der Waals surface area contributed by atoms with Crippen LogP contribution in [0.25, 0.3) is 0 Å². The summed E-state index contributed by atoms with van der Waals surface area (Å²) in [6.07, 6.45) is 0. The highest BCUT2D eigenvalue weighted by Crippen LogP contribution is 2.26. The van der Waals surface area contributed by atoms with Gasteiger partial charge in [-0.15, -0.1) is 0 Å². The first kappa shape index (κ1) is 21.1. The van der Waals surface area contributed by atoms with Gasteiger partial charge in [0, 0.05) is 11.0 Å². The average molecular weight is 473 g/mol. The summed E-state index contributed by atoms with van der Waals surface area (Å²) in [6, 6.07) is 22.9. The maximum atomic E-state index is 13.3. The van der Waals surface area contributed by atoms with Crippen LogP contribution in [0.5, 0.6) is 0 Å². The second kappa shape index (κ2) is 9.24. The Labute approximate surface area is 179 Å². The van der Waals surface area contributed by atoms with Crippen LogP contribution in [0.3, 0.4) is 0 Å². The van der Waals surface area contributed by atoms with E-state index in [0.717, 1.165) is 19.9 Å². The number of nitrogens with one attached hydrogen (secondary N) is 1. The van der Waals surface area contributed by atoms with Gasteiger partial charge in [0.1, 0.15) is 6.54 Å². The molecule has 0 aromatic heterocycles. The summed E-state index contributed by atoms with van der Waals surface area (Å²) in [5, 5.41) is 2.79. The minimum Gasteiger partial charge on any atom is -0.350 e. The van der Waals surface area contributed by atoms with Crippen molar-refractivity contribution < 1.29 is 13.2 Å². The van der Waals surface area contributed by atoms with Crippen LogP contribution in [-0.2, 0) is 21.4 Å². The maximum absolute atomic E-state index is 13.3. The van der Waals surface area contributed by atoms with Crippen LogP contribution in [0.15, 0.2) is 88.2 Å². The number of hydrogen-bond donors (Lipinski definition) is 1. The molecule has 0 aliphatic rings. The number of amides is 1. The summed E-state index contributed by atoms with van der Waals surface area (Å²) in [7, 11) is -3.91. The zero-order chi connectivity index (χ0) is 20.9. The van der Waals surface area contributed by atoms with E-state index in [-0.39, 0.29) is 17.3 Å². The van der Waals surface area contributed by atoms with Crippen LogP contribution in [0.1, 0.15) is 11.1 Å². The van der Waals surface area contributed by atoms with Crippen molar-refractivity contribution >= 4 is 37.5 Å². The second-order valence-electron chi connectivity index (χ2n) is 6.57. The molecule has 0 aliphatic carbocycles. The van der Waals surface area contributed by atoms with E-state index in [9.17, 15) is 13.2 Å². The molecule has 0 saturated heterocycles. The number of nitrogens with zero attached hydrogens (tertiary/aromatic N) is 1. The van der Waals surface area contributed by atoms with Crippen molar-refractivity contribution in [2.24, 2.45) is 0 Å². The van der Waals surface area contributed by atoms with E-state index in [1.807, 2.05) is 37.3 Å². The van der Waals surface area contributed by atoms with E-state index < -0.39 is 10.0 Å². The van der Waals surface area contributed by atoms with Crippen LogP contribution < -0.4 is 9.62 Å². The number of benzene rings is 3. The average Bonchev–Trinajstić information content (AvgIpc) is 2.71. The lowest BCUT2D eigenvalue weighted by atomic mass is 10.2. The van der Waals surface area contributed by atoms with Crippen LogP contribution in [0.2, 0.25) is 0 Å². The third kappa shape index (κ3) is 5.46. The van der Waals surface area contributed by atoms with Gasteiger partial charge >= 0.3 is 0 Å². The first-order chi connectivity index (χ1) is 13.9. The Bertz CT molecular complexity index is 1080. The number of carbonyl (C=O) groups excluding carboxylic acids is 1. The first-order valence-corrected chi connectivity index (χ1v) is 11.3. The van der Waals surface area contributed by atoms with Gasteiger partial charge < -0.3 is 5.32 Å². The Kier molecular flexibility index (Phi) is 6.71. The number of hydrogen-bond acceptors (Lipinski definition) is 3. The molecule has 0 aliphatic heterocycles. The predicted molar refractivity (Wildman–Crippen MR) is 118 cm³/mol. The molecule has 1 amide bonds. The van der Waals surface area contributed by atoms with E-state index in [2.05, 4.69) is 21.2 Å². The molecule has 0 saturated carbocycles. The minimum atomic E-state index is -3.91. The van der Waals surface area contributed by atoms with Crippen molar-refractivity contribution in [2.75, 3.05) is 10.8 Å². The molecule has 0 fully saturated rings. The molecule has 5 nitrogen and oxygen atoms in total. The molecule has 0 unspecified atom stereocenters. The fraction of sp³-hybridized carbons (Fsp3) is 0.136. The Morgan fingerprint density at radius 2 is 1.66 bits per heavy atom. The lowest BCUT2D eigenvalue weighted by molar-refractivity contribution is -0.119. The highest BCUT2D eigenvalue weighted by molar-refractivity contribution is 9.10. The number of carbonyl (C=O) groups is 1. The first-order valence-electron chi connectivity index (χ1n) is 9.02. The maximum Gasteiger partial charge on any atom is 0.264 e. The van der Waals surface area contributed by atoms with Crippen LogP contribution in [-0.4, -0.2) is 20.9 Å². The minimum absolute atomic E-state index is 0.138. The van der Waals surface area contributed by atoms with Gasteiger partial charge in [0.05, 0.1) is 10.6 Å². The Balaban J connectivity index is 1.87. The number of anilines is 1. The zero-order valence-corrected chi connectivity index (χ0v) is 18.3. The van der Waals surface area contributed by atoms with E-state index in [1.54, 1.807) is 48.5 Å². The van der Waals surface area contributed by atoms with E-state index >= 15 is 0 Å². The summed E-state index contributed by atoms with van der Waals surface area (Å²) in [4.78, 5) is 12.7. The summed E-state index contributed by atoms with van der Waals surface area (Å²) in [5.74, 6) is -0.385. The molecule has 1 N–H and O–H groups in total. The highest BCUT2D eigenvalue weighted by atomic mass is 79.9. The molecule has 3 aromatic carbocycles. The largest absolute Gasteiger partial charge is 0.350 e. The molecule has 0 spiro atoms. The van der Waals surface area contributed by atoms with Crippen LogP contribution in [0, 0.1) is 6.92 Å². The molecule has 150 valence electrons. The molecule has 0 heterocycles. The molecule has 3 aromatic rings. The lowest BCUT2D eigenvalue weighted by Gasteiger charge is -2.24.